The minimum atomic E-state index is -0.335. The van der Waals surface area contributed by atoms with Gasteiger partial charge in [0.1, 0.15) is 0 Å². The number of hydrogen-bond acceptors (Lipinski definition) is 6. The number of nitrogens with zero attached hydrogens (tertiary/aromatic N) is 2. The predicted molar refractivity (Wildman–Crippen MR) is 86.8 cm³/mol. The summed E-state index contributed by atoms with van der Waals surface area (Å²) in [7, 11) is 0. The van der Waals surface area contributed by atoms with Gasteiger partial charge in [-0.15, -0.1) is 0 Å². The van der Waals surface area contributed by atoms with Crippen LogP contribution in [0.1, 0.15) is 14.9 Å². The molecule has 2 rings (SSSR count). The first-order chi connectivity index (χ1) is 10.6. The number of hydrogen-bond donors (Lipinski definition) is 0. The van der Waals surface area contributed by atoms with Crippen LogP contribution in [0, 0.1) is 0 Å². The highest BCUT2D eigenvalue weighted by atomic mass is 16.5. The second kappa shape index (κ2) is 10.5. The van der Waals surface area contributed by atoms with Crippen LogP contribution < -0.4 is 0 Å². The Morgan fingerprint density at radius 2 is 0.875 bits per heavy atom. The number of rotatable bonds is 9. The van der Waals surface area contributed by atoms with E-state index in [0.717, 1.165) is 9.80 Å². The standard InChI is InChI=1S/C14H16N2O6.2CH4/c17-11-1-2-12(18)15(11)5-7-21-9-10-22-8-6-16-13(19)3-4-14(16)20;;/h1-4H,5-10H2;2*1H4. The lowest BCUT2D eigenvalue weighted by atomic mass is 10.5. The Morgan fingerprint density at radius 3 is 1.17 bits per heavy atom. The number of imide groups is 2. The molecule has 8 nitrogen and oxygen atoms in total. The highest BCUT2D eigenvalue weighted by Crippen LogP contribution is 2.03. The van der Waals surface area contributed by atoms with E-state index in [4.69, 9.17) is 9.47 Å². The summed E-state index contributed by atoms with van der Waals surface area (Å²) >= 11 is 0. The largest absolute Gasteiger partial charge is 0.377 e. The first kappa shape index (κ1) is 21.7. The van der Waals surface area contributed by atoms with E-state index in [1.54, 1.807) is 0 Å². The van der Waals surface area contributed by atoms with Gasteiger partial charge in [0.15, 0.2) is 0 Å². The number of carbonyl (C=O) groups excluding carboxylic acids is 4. The summed E-state index contributed by atoms with van der Waals surface area (Å²) in [4.78, 5) is 47.2. The Labute approximate surface area is 141 Å². The molecule has 2 aliphatic heterocycles. The molecule has 0 unspecified atom stereocenters. The molecule has 0 bridgehead atoms. The van der Waals surface area contributed by atoms with Crippen LogP contribution in [0.2, 0.25) is 0 Å². The fraction of sp³-hybridized carbons (Fsp3) is 0.500. The lowest BCUT2D eigenvalue weighted by Crippen LogP contribution is -2.34. The molecule has 0 aliphatic carbocycles. The third-order valence-corrected chi connectivity index (χ3v) is 3.09. The van der Waals surface area contributed by atoms with Crippen LogP contribution in [0.25, 0.3) is 0 Å². The zero-order valence-electron chi connectivity index (χ0n) is 11.9. The van der Waals surface area contributed by atoms with E-state index in [1.165, 1.54) is 24.3 Å². The zero-order valence-corrected chi connectivity index (χ0v) is 11.9. The topological polar surface area (TPSA) is 93.2 Å². The van der Waals surface area contributed by atoms with Crippen molar-refractivity contribution in [2.75, 3.05) is 39.5 Å². The van der Waals surface area contributed by atoms with Gasteiger partial charge in [0.2, 0.25) is 0 Å². The van der Waals surface area contributed by atoms with Crippen LogP contribution in [0.15, 0.2) is 24.3 Å². The number of carbonyl (C=O) groups is 4. The summed E-state index contributed by atoms with van der Waals surface area (Å²) in [6.07, 6.45) is 4.89. The van der Waals surface area contributed by atoms with Crippen LogP contribution in [-0.4, -0.2) is 72.9 Å². The second-order valence-electron chi connectivity index (χ2n) is 4.55. The molecule has 0 saturated heterocycles. The van der Waals surface area contributed by atoms with Crippen LogP contribution in [-0.2, 0) is 28.7 Å². The molecule has 0 saturated carbocycles. The molecule has 0 N–H and O–H groups in total. The monoisotopic (exact) mass is 340 g/mol. The SMILES string of the molecule is C.C.O=C1C=CC(=O)N1CCOCCOCCN1C(=O)C=CC1=O. The first-order valence-corrected chi connectivity index (χ1v) is 6.82. The van der Waals surface area contributed by atoms with Gasteiger partial charge in [-0.25, -0.2) is 0 Å². The van der Waals surface area contributed by atoms with Gasteiger partial charge < -0.3 is 9.47 Å². The van der Waals surface area contributed by atoms with E-state index in [9.17, 15) is 19.2 Å². The maximum atomic E-state index is 11.2. The summed E-state index contributed by atoms with van der Waals surface area (Å²) in [5.74, 6) is -1.34. The van der Waals surface area contributed by atoms with E-state index >= 15 is 0 Å². The average Bonchev–Trinajstić information content (AvgIpc) is 2.98. The van der Waals surface area contributed by atoms with Crippen molar-refractivity contribution < 1.29 is 28.7 Å². The fourth-order valence-electron chi connectivity index (χ4n) is 1.94. The first-order valence-electron chi connectivity index (χ1n) is 6.82. The quantitative estimate of drug-likeness (QED) is 0.438. The predicted octanol–water partition coefficient (Wildman–Crippen LogP) is 0.142. The van der Waals surface area contributed by atoms with Gasteiger partial charge in [0, 0.05) is 24.3 Å². The third-order valence-electron chi connectivity index (χ3n) is 3.09. The summed E-state index contributed by atoms with van der Waals surface area (Å²) in [5.41, 5.74) is 0. The molecule has 24 heavy (non-hydrogen) atoms. The Bertz CT molecular complexity index is 457. The average molecular weight is 340 g/mol. The van der Waals surface area contributed by atoms with Crippen molar-refractivity contribution in [3.8, 4) is 0 Å². The van der Waals surface area contributed by atoms with Crippen molar-refractivity contribution in [3.05, 3.63) is 24.3 Å². The number of amides is 4. The Morgan fingerprint density at radius 1 is 0.583 bits per heavy atom. The van der Waals surface area contributed by atoms with E-state index in [1.807, 2.05) is 0 Å². The van der Waals surface area contributed by atoms with E-state index < -0.39 is 0 Å². The minimum absolute atomic E-state index is 0. The highest BCUT2D eigenvalue weighted by Gasteiger charge is 2.23. The maximum Gasteiger partial charge on any atom is 0.253 e. The smallest absolute Gasteiger partial charge is 0.253 e. The molecule has 0 atom stereocenters. The van der Waals surface area contributed by atoms with Gasteiger partial charge in [-0.1, -0.05) is 14.9 Å². The van der Waals surface area contributed by atoms with E-state index in [-0.39, 0.29) is 64.8 Å². The van der Waals surface area contributed by atoms with Gasteiger partial charge in [-0.3, -0.25) is 29.0 Å². The van der Waals surface area contributed by atoms with Crippen molar-refractivity contribution in [2.24, 2.45) is 0 Å². The Balaban J connectivity index is 0.00000264. The van der Waals surface area contributed by atoms with Crippen LogP contribution in [0.4, 0.5) is 0 Å². The van der Waals surface area contributed by atoms with E-state index in [0.29, 0.717) is 13.2 Å². The molecule has 0 radical (unpaired) electrons. The zero-order chi connectivity index (χ0) is 15.9. The molecule has 4 amide bonds. The Hall–Kier alpha value is -2.32. The summed E-state index contributed by atoms with van der Waals surface area (Å²) < 4.78 is 10.5. The van der Waals surface area contributed by atoms with Gasteiger partial charge in [0.25, 0.3) is 23.6 Å². The fourth-order valence-corrected chi connectivity index (χ4v) is 1.94. The van der Waals surface area contributed by atoms with Gasteiger partial charge in [0.05, 0.1) is 39.5 Å². The molecular formula is C16H24N2O6. The molecule has 0 aromatic heterocycles. The summed E-state index contributed by atoms with van der Waals surface area (Å²) in [6.45, 7) is 1.46. The van der Waals surface area contributed by atoms with Crippen molar-refractivity contribution >= 4 is 23.6 Å². The van der Waals surface area contributed by atoms with Crippen molar-refractivity contribution in [1.82, 2.24) is 9.80 Å². The molecule has 2 heterocycles. The molecule has 134 valence electrons. The van der Waals surface area contributed by atoms with Crippen LogP contribution in [0.3, 0.4) is 0 Å². The molecule has 0 spiro atoms. The van der Waals surface area contributed by atoms with Crippen molar-refractivity contribution in [2.45, 2.75) is 14.9 Å². The maximum absolute atomic E-state index is 11.2. The Kier molecular flexibility index (Phi) is 9.44. The van der Waals surface area contributed by atoms with Crippen molar-refractivity contribution in [1.29, 1.82) is 0 Å². The minimum Gasteiger partial charge on any atom is -0.377 e. The van der Waals surface area contributed by atoms with Gasteiger partial charge in [-0.05, 0) is 0 Å². The number of ether oxygens (including phenoxy) is 2. The van der Waals surface area contributed by atoms with Gasteiger partial charge >= 0.3 is 0 Å². The normalized spacial score (nSPS) is 16.0. The van der Waals surface area contributed by atoms with Crippen LogP contribution in [0.5, 0.6) is 0 Å². The molecule has 0 aromatic carbocycles. The lowest BCUT2D eigenvalue weighted by molar-refractivity contribution is -0.139. The highest BCUT2D eigenvalue weighted by molar-refractivity contribution is 6.13. The van der Waals surface area contributed by atoms with E-state index in [2.05, 4.69) is 0 Å². The lowest BCUT2D eigenvalue weighted by Gasteiger charge is -2.14. The molecule has 0 fully saturated rings. The van der Waals surface area contributed by atoms with Gasteiger partial charge in [-0.2, -0.15) is 0 Å². The molecular weight excluding hydrogens is 316 g/mol. The van der Waals surface area contributed by atoms with Crippen LogP contribution >= 0.6 is 0 Å². The summed E-state index contributed by atoms with van der Waals surface area (Å²) in [6, 6.07) is 0. The molecule has 8 heteroatoms. The molecule has 2 aliphatic rings. The second-order valence-corrected chi connectivity index (χ2v) is 4.55. The third kappa shape index (κ3) is 5.71. The summed E-state index contributed by atoms with van der Waals surface area (Å²) in [5, 5.41) is 0. The van der Waals surface area contributed by atoms with Crippen molar-refractivity contribution in [3.63, 3.8) is 0 Å². The molecule has 0 aromatic rings.